The third kappa shape index (κ3) is 3.82. The van der Waals surface area contributed by atoms with Gasteiger partial charge in [-0.05, 0) is 33.5 Å². The van der Waals surface area contributed by atoms with Gasteiger partial charge >= 0.3 is 0 Å². The third-order valence-corrected chi connectivity index (χ3v) is 5.46. The first kappa shape index (κ1) is 16.4. The molecule has 0 saturated carbocycles. The highest BCUT2D eigenvalue weighted by Gasteiger charge is 2.25. The zero-order valence-corrected chi connectivity index (χ0v) is 13.7. The first-order chi connectivity index (χ1) is 9.83. The fourth-order valence-corrected chi connectivity index (χ4v) is 3.58. The Labute approximate surface area is 126 Å². The van der Waals surface area contributed by atoms with Crippen LogP contribution in [0.2, 0.25) is 0 Å². The number of nitrogens with zero attached hydrogens (tertiary/aromatic N) is 4. The summed E-state index contributed by atoms with van der Waals surface area (Å²) in [6.07, 6.45) is 0.0765. The minimum Gasteiger partial charge on any atom is -0.385 e. The molecular weight excluding hydrogens is 292 g/mol. The van der Waals surface area contributed by atoms with Crippen LogP contribution in [-0.4, -0.2) is 65.4 Å². The molecule has 120 valence electrons. The van der Waals surface area contributed by atoms with E-state index >= 15 is 0 Å². The fraction of sp³-hybridized carbons (Fsp3) is 0.769. The van der Waals surface area contributed by atoms with Gasteiger partial charge in [-0.15, -0.1) is 0 Å². The van der Waals surface area contributed by atoms with Gasteiger partial charge < -0.3 is 10.0 Å². The van der Waals surface area contributed by atoms with E-state index in [2.05, 4.69) is 5.10 Å². The lowest BCUT2D eigenvalue weighted by molar-refractivity contribution is 0.133. The molecule has 0 amide bonds. The minimum atomic E-state index is -3.20. The molecular formula is C13H24N4O3S. The summed E-state index contributed by atoms with van der Waals surface area (Å²) in [6.45, 7) is 3.68. The predicted octanol–water partition coefficient (Wildman–Crippen LogP) is 0.0335. The first-order valence-corrected chi connectivity index (χ1v) is 8.81. The largest absolute Gasteiger partial charge is 0.385 e. The van der Waals surface area contributed by atoms with Gasteiger partial charge in [-0.25, -0.2) is 8.42 Å². The molecule has 2 rings (SSSR count). The van der Waals surface area contributed by atoms with E-state index in [4.69, 9.17) is 0 Å². The maximum Gasteiger partial charge on any atom is 0.214 e. The number of aryl methyl sites for hydroxylation is 1. The molecule has 2 heterocycles. The van der Waals surface area contributed by atoms with Crippen LogP contribution >= 0.6 is 0 Å². The fourth-order valence-electron chi connectivity index (χ4n) is 2.48. The lowest BCUT2D eigenvalue weighted by Crippen LogP contribution is -2.32. The number of aliphatic hydroxyl groups excluding tert-OH is 1. The molecule has 0 bridgehead atoms. The Hall–Kier alpha value is -0.960. The topological polar surface area (TPSA) is 78.7 Å². The van der Waals surface area contributed by atoms with Gasteiger partial charge in [0, 0.05) is 19.6 Å². The van der Waals surface area contributed by atoms with E-state index in [1.807, 2.05) is 29.7 Å². The van der Waals surface area contributed by atoms with Crippen LogP contribution in [0.25, 0.3) is 0 Å². The van der Waals surface area contributed by atoms with Crippen molar-refractivity contribution in [2.24, 2.45) is 0 Å². The second-order valence-corrected chi connectivity index (χ2v) is 7.91. The summed E-state index contributed by atoms with van der Waals surface area (Å²) in [6, 6.07) is 1.82. The van der Waals surface area contributed by atoms with E-state index < -0.39 is 16.1 Å². The van der Waals surface area contributed by atoms with Gasteiger partial charge in [0.25, 0.3) is 0 Å². The Bertz CT molecular complexity index is 582. The van der Waals surface area contributed by atoms with Crippen molar-refractivity contribution in [3.05, 3.63) is 17.5 Å². The van der Waals surface area contributed by atoms with E-state index in [1.54, 1.807) is 6.92 Å². The molecule has 1 aliphatic heterocycles. The van der Waals surface area contributed by atoms with E-state index in [-0.39, 0.29) is 5.75 Å². The zero-order chi connectivity index (χ0) is 15.6. The maximum atomic E-state index is 12.0. The van der Waals surface area contributed by atoms with Crippen LogP contribution in [0.4, 0.5) is 0 Å². The third-order valence-electron chi connectivity index (χ3n) is 3.64. The first-order valence-electron chi connectivity index (χ1n) is 7.20. The number of rotatable bonds is 5. The summed E-state index contributed by atoms with van der Waals surface area (Å²) in [5.74, 6) is 0.108. The molecule has 0 radical (unpaired) electrons. The highest BCUT2D eigenvalue weighted by Crippen LogP contribution is 2.20. The Morgan fingerprint density at radius 3 is 2.76 bits per heavy atom. The lowest BCUT2D eigenvalue weighted by Gasteiger charge is -2.18. The monoisotopic (exact) mass is 316 g/mol. The molecule has 21 heavy (non-hydrogen) atoms. The summed E-state index contributed by atoms with van der Waals surface area (Å²) in [5.41, 5.74) is 1.45. The molecule has 1 aromatic rings. The number of likely N-dealkylation sites (N-methyl/N-ethyl adjacent to an activating group) is 1. The molecule has 1 atom stereocenters. The van der Waals surface area contributed by atoms with Crippen molar-refractivity contribution >= 4 is 10.0 Å². The van der Waals surface area contributed by atoms with Crippen molar-refractivity contribution in [2.45, 2.75) is 32.5 Å². The Kier molecular flexibility index (Phi) is 5.03. The van der Waals surface area contributed by atoms with Crippen LogP contribution < -0.4 is 0 Å². The zero-order valence-electron chi connectivity index (χ0n) is 12.9. The summed E-state index contributed by atoms with van der Waals surface area (Å²) >= 11 is 0. The maximum absolute atomic E-state index is 12.0. The normalized spacial score (nSPS) is 18.5. The molecule has 0 unspecified atom stereocenters. The smallest absolute Gasteiger partial charge is 0.214 e. The second kappa shape index (κ2) is 6.43. The average Bonchev–Trinajstić information content (AvgIpc) is 2.70. The Balaban J connectivity index is 2.21. The molecule has 7 nitrogen and oxygen atoms in total. The molecule has 0 aromatic carbocycles. The second-order valence-electron chi connectivity index (χ2n) is 5.65. The summed E-state index contributed by atoms with van der Waals surface area (Å²) in [7, 11) is 0.582. The molecule has 0 aliphatic carbocycles. The summed E-state index contributed by atoms with van der Waals surface area (Å²) < 4.78 is 27.4. The van der Waals surface area contributed by atoms with E-state index in [1.165, 1.54) is 4.31 Å². The van der Waals surface area contributed by atoms with Crippen LogP contribution in [0.3, 0.4) is 0 Å². The molecule has 1 N–H and O–H groups in total. The summed E-state index contributed by atoms with van der Waals surface area (Å²) in [4.78, 5) is 1.89. The van der Waals surface area contributed by atoms with E-state index in [9.17, 15) is 13.5 Å². The van der Waals surface area contributed by atoms with Crippen molar-refractivity contribution in [1.82, 2.24) is 19.0 Å². The molecule has 0 fully saturated rings. The van der Waals surface area contributed by atoms with Gasteiger partial charge in [0.05, 0.1) is 23.7 Å². The molecule has 1 aromatic heterocycles. The van der Waals surface area contributed by atoms with Crippen molar-refractivity contribution in [1.29, 1.82) is 0 Å². The highest BCUT2D eigenvalue weighted by atomic mass is 32.2. The van der Waals surface area contributed by atoms with Gasteiger partial charge in [0.1, 0.15) is 6.10 Å². The Morgan fingerprint density at radius 2 is 2.14 bits per heavy atom. The Morgan fingerprint density at radius 1 is 1.43 bits per heavy atom. The van der Waals surface area contributed by atoms with Crippen LogP contribution in [0.5, 0.6) is 0 Å². The van der Waals surface area contributed by atoms with Gasteiger partial charge in [-0.1, -0.05) is 0 Å². The number of hydrogen-bond donors (Lipinski definition) is 1. The predicted molar refractivity (Wildman–Crippen MR) is 80.2 cm³/mol. The highest BCUT2D eigenvalue weighted by molar-refractivity contribution is 7.89. The molecule has 0 saturated heterocycles. The SMILES string of the molecule is CCS(=O)(=O)N1CCCn2nc([C@@H](O)CN(C)C)cc2C1. The van der Waals surface area contributed by atoms with Crippen molar-refractivity contribution in [3.63, 3.8) is 0 Å². The van der Waals surface area contributed by atoms with Gasteiger partial charge in [0.15, 0.2) is 0 Å². The number of aromatic nitrogens is 2. The lowest BCUT2D eigenvalue weighted by atomic mass is 10.2. The summed E-state index contributed by atoms with van der Waals surface area (Å²) in [5, 5.41) is 14.6. The van der Waals surface area contributed by atoms with Crippen molar-refractivity contribution in [2.75, 3.05) is 32.9 Å². The number of hydrogen-bond acceptors (Lipinski definition) is 5. The number of fused-ring (bicyclic) bond motifs is 1. The molecule has 0 spiro atoms. The van der Waals surface area contributed by atoms with Crippen LogP contribution in [0.1, 0.15) is 30.8 Å². The van der Waals surface area contributed by atoms with Crippen molar-refractivity contribution in [3.8, 4) is 0 Å². The van der Waals surface area contributed by atoms with E-state index in [0.717, 1.165) is 12.1 Å². The van der Waals surface area contributed by atoms with Gasteiger partial charge in [0.2, 0.25) is 10.0 Å². The molecule has 1 aliphatic rings. The van der Waals surface area contributed by atoms with Crippen LogP contribution in [0.15, 0.2) is 6.07 Å². The minimum absolute atomic E-state index is 0.108. The van der Waals surface area contributed by atoms with Crippen LogP contribution in [0, 0.1) is 0 Å². The van der Waals surface area contributed by atoms with Crippen molar-refractivity contribution < 1.29 is 13.5 Å². The molecule has 8 heteroatoms. The standard InChI is InChI=1S/C13H24N4O3S/c1-4-21(19,20)16-6-5-7-17-11(9-16)8-12(14-17)13(18)10-15(2)3/h8,13,18H,4-7,9-10H2,1-3H3/t13-/m0/s1. The number of aliphatic hydroxyl groups is 1. The van der Waals surface area contributed by atoms with E-state index in [0.29, 0.717) is 31.9 Å². The van der Waals surface area contributed by atoms with Gasteiger partial charge in [-0.2, -0.15) is 9.40 Å². The van der Waals surface area contributed by atoms with Gasteiger partial charge in [-0.3, -0.25) is 4.68 Å². The average molecular weight is 316 g/mol. The number of sulfonamides is 1. The quantitative estimate of drug-likeness (QED) is 0.829. The van der Waals surface area contributed by atoms with Crippen LogP contribution in [-0.2, 0) is 23.1 Å².